The van der Waals surface area contributed by atoms with E-state index < -0.39 is 129 Å². The number of aliphatic carboxylic acids is 6. The summed E-state index contributed by atoms with van der Waals surface area (Å²) in [5.74, 6) is -6.77. The van der Waals surface area contributed by atoms with Gasteiger partial charge < -0.3 is 90.4 Å². The van der Waals surface area contributed by atoms with Crippen LogP contribution in [0.25, 0.3) is 0 Å². The number of rotatable bonds is 30. The molecule has 0 spiro atoms. The van der Waals surface area contributed by atoms with Crippen molar-refractivity contribution in [2.75, 3.05) is 137 Å². The van der Waals surface area contributed by atoms with Crippen molar-refractivity contribution in [3.05, 3.63) is 0 Å². The van der Waals surface area contributed by atoms with Crippen LogP contribution in [-0.2, 0) is 66.9 Å². The molecule has 0 aromatic carbocycles. The summed E-state index contributed by atoms with van der Waals surface area (Å²) in [5.41, 5.74) is -3.48. The average Bonchev–Trinajstić information content (AvgIpc) is 3.41. The SMILES string of the molecule is O=C(CCS)OCC(COC(=O)CCS)(COC(=O)CCS)COC(=O)CCS.O=C(O)CS.O=C(O)CS.O=C(O)CS.O=C(O)CS.O=C(O)CS.O=C(O)CS.OCC(CO)(CO)CO.OCC(CO)(CO)CO. The number of carboxylic acids is 6. The molecule has 14 N–H and O–H groups in total. The van der Waals surface area contributed by atoms with Crippen LogP contribution in [0.2, 0.25) is 0 Å². The molecule has 0 bridgehead atoms. The standard InChI is InChI=1S/C17H28O8S4.2C5H12O4.6C2H4O2S/c18-13(1-5-26)22-9-17(10-23-14(19)2-6-27,11-24-15(20)3-7-28)12-25-16(21)4-8-29;2*6-1-5(2-7,3-8)4-9;6*3-2(4)1-5/h26-29H,1-12H2;2*6-9H,1-4H2;6*5H,1H2,(H,3,4). The zero-order valence-corrected chi connectivity index (χ0v) is 50.3. The van der Waals surface area contributed by atoms with Gasteiger partial charge in [-0.2, -0.15) is 126 Å². The third-order valence-corrected chi connectivity index (χ3v) is 9.43. The molecular formula is C39H76O28S10. The quantitative estimate of drug-likeness (QED) is 0.0198. The lowest BCUT2D eigenvalue weighted by molar-refractivity contribution is -0.170. The number of aliphatic hydroxyl groups excluding tert-OH is 8. The van der Waals surface area contributed by atoms with E-state index >= 15 is 0 Å². The van der Waals surface area contributed by atoms with Crippen molar-refractivity contribution in [1.82, 2.24) is 0 Å². The second-order valence-corrected chi connectivity index (χ2v) is 17.3. The Bertz CT molecular complexity index is 1260. The predicted octanol–water partition coefficient (Wildman–Crippen LogP) is -2.69. The van der Waals surface area contributed by atoms with Gasteiger partial charge in [-0.25, -0.2) is 0 Å². The van der Waals surface area contributed by atoms with Crippen LogP contribution in [0.1, 0.15) is 25.7 Å². The van der Waals surface area contributed by atoms with Gasteiger partial charge in [0.2, 0.25) is 0 Å². The first-order valence-corrected chi connectivity index (χ1v) is 27.1. The van der Waals surface area contributed by atoms with Gasteiger partial charge in [-0.3, -0.25) is 47.9 Å². The van der Waals surface area contributed by atoms with Crippen LogP contribution < -0.4 is 0 Å². The number of hydrogen-bond acceptors (Lipinski definition) is 32. The van der Waals surface area contributed by atoms with Crippen LogP contribution in [0.15, 0.2) is 0 Å². The smallest absolute Gasteiger partial charge is 0.313 e. The lowest BCUT2D eigenvalue weighted by Gasteiger charge is -2.31. The summed E-state index contributed by atoms with van der Waals surface area (Å²) >= 11 is 36.4. The molecule has 0 unspecified atom stereocenters. The molecule has 0 aromatic rings. The average molecular weight is 1310 g/mol. The highest BCUT2D eigenvalue weighted by Crippen LogP contribution is 2.23. The maximum atomic E-state index is 11.8. The summed E-state index contributed by atoms with van der Waals surface area (Å²) in [5, 5.41) is 114. The molecule has 0 aliphatic heterocycles. The molecular weight excluding hydrogens is 1240 g/mol. The van der Waals surface area contributed by atoms with E-state index in [-0.39, 0.29) is 110 Å². The Morgan fingerprint density at radius 3 is 0.442 bits per heavy atom. The summed E-state index contributed by atoms with van der Waals surface area (Å²) < 4.78 is 20.9. The lowest BCUT2D eigenvalue weighted by atomic mass is 9.92. The molecule has 0 amide bonds. The normalized spacial score (nSPS) is 9.79. The molecule has 0 heterocycles. The fourth-order valence-electron chi connectivity index (χ4n) is 2.44. The molecule has 77 heavy (non-hydrogen) atoms. The molecule has 0 aliphatic carbocycles. The van der Waals surface area contributed by atoms with Crippen LogP contribution in [0, 0.1) is 16.2 Å². The maximum absolute atomic E-state index is 11.8. The van der Waals surface area contributed by atoms with E-state index in [1.54, 1.807) is 0 Å². The van der Waals surface area contributed by atoms with Crippen molar-refractivity contribution in [3.8, 4) is 0 Å². The van der Waals surface area contributed by atoms with Crippen molar-refractivity contribution in [2.45, 2.75) is 25.7 Å². The topological polar surface area (TPSA) is 491 Å². The molecule has 28 nitrogen and oxygen atoms in total. The monoisotopic (exact) mass is 1310 g/mol. The third kappa shape index (κ3) is 78.2. The molecule has 38 heteroatoms. The summed E-state index contributed by atoms with van der Waals surface area (Å²) in [7, 11) is 0. The van der Waals surface area contributed by atoms with Gasteiger partial charge in [0.1, 0.15) is 31.8 Å². The maximum Gasteiger partial charge on any atom is 0.313 e. The van der Waals surface area contributed by atoms with Gasteiger partial charge in [0, 0.05) is 23.0 Å². The highest BCUT2D eigenvalue weighted by atomic mass is 32.1. The molecule has 460 valence electrons. The number of esters is 4. The van der Waals surface area contributed by atoms with E-state index in [2.05, 4.69) is 126 Å². The summed E-state index contributed by atoms with van der Waals surface area (Å²) in [6.07, 6.45) is 0.268. The Hall–Kier alpha value is -2.12. The fourth-order valence-corrected chi connectivity index (χ4v) is 3.17. The predicted molar refractivity (Wildman–Crippen MR) is 311 cm³/mol. The Balaban J connectivity index is -0.000000112. The van der Waals surface area contributed by atoms with E-state index in [1.165, 1.54) is 0 Å². The van der Waals surface area contributed by atoms with Crippen molar-refractivity contribution < 1.29 is 138 Å². The van der Waals surface area contributed by atoms with E-state index in [4.69, 9.17) is 90.4 Å². The fraction of sp³-hybridized carbons (Fsp3) is 0.744. The molecule has 0 radical (unpaired) electrons. The van der Waals surface area contributed by atoms with Crippen molar-refractivity contribution in [3.63, 3.8) is 0 Å². The van der Waals surface area contributed by atoms with Gasteiger partial charge in [0.15, 0.2) is 0 Å². The summed E-state index contributed by atoms with van der Waals surface area (Å²) in [4.78, 5) is 103. The van der Waals surface area contributed by atoms with E-state index in [9.17, 15) is 47.9 Å². The first-order valence-electron chi connectivity index (χ1n) is 20.8. The van der Waals surface area contributed by atoms with Gasteiger partial charge in [-0.1, -0.05) is 0 Å². The Kier molecular flexibility index (Phi) is 83.4. The highest BCUT2D eigenvalue weighted by molar-refractivity contribution is 7.82. The first kappa shape index (κ1) is 94.2. The number of carbonyl (C=O) groups excluding carboxylic acids is 4. The zero-order valence-electron chi connectivity index (χ0n) is 41.3. The van der Waals surface area contributed by atoms with E-state index in [1.807, 2.05) is 0 Å². The second-order valence-electron chi connectivity index (χ2n) is 13.6. The van der Waals surface area contributed by atoms with Gasteiger partial charge in [0.05, 0.1) is 124 Å². The lowest BCUT2D eigenvalue weighted by Crippen LogP contribution is -2.44. The van der Waals surface area contributed by atoms with Crippen LogP contribution in [0.5, 0.6) is 0 Å². The molecule has 0 saturated carbocycles. The minimum atomic E-state index is -1.25. The van der Waals surface area contributed by atoms with Crippen LogP contribution >= 0.6 is 126 Å². The Morgan fingerprint density at radius 2 is 0.377 bits per heavy atom. The van der Waals surface area contributed by atoms with E-state index in [0.717, 1.165) is 0 Å². The number of aliphatic hydroxyl groups is 8. The third-order valence-electron chi connectivity index (χ3n) is 6.92. The molecule has 0 saturated heterocycles. The largest absolute Gasteiger partial charge is 0.481 e. The number of hydrogen-bond donors (Lipinski definition) is 24. The molecule has 0 aromatic heterocycles. The van der Waals surface area contributed by atoms with E-state index in [0.29, 0.717) is 0 Å². The molecule has 0 atom stereocenters. The Labute approximate surface area is 499 Å². The van der Waals surface area contributed by atoms with Gasteiger partial charge in [0.25, 0.3) is 0 Å². The first-order chi connectivity index (χ1) is 35.9. The summed E-state index contributed by atoms with van der Waals surface area (Å²) in [6, 6.07) is 0. The number of ether oxygens (including phenoxy) is 4. The Morgan fingerprint density at radius 1 is 0.260 bits per heavy atom. The second kappa shape index (κ2) is 68.2. The van der Waals surface area contributed by atoms with Gasteiger partial charge >= 0.3 is 59.7 Å². The van der Waals surface area contributed by atoms with Gasteiger partial charge in [-0.15, -0.1) is 0 Å². The molecule has 0 fully saturated rings. The van der Waals surface area contributed by atoms with Crippen LogP contribution in [0.4, 0.5) is 0 Å². The molecule has 0 rings (SSSR count). The van der Waals surface area contributed by atoms with Crippen molar-refractivity contribution in [2.24, 2.45) is 16.2 Å². The zero-order chi connectivity index (χ0) is 62.5. The number of carbonyl (C=O) groups is 10. The molecule has 0 aliphatic rings. The summed E-state index contributed by atoms with van der Waals surface area (Å²) in [6.45, 7) is -4.38. The highest BCUT2D eigenvalue weighted by Gasteiger charge is 2.38. The van der Waals surface area contributed by atoms with Crippen molar-refractivity contribution in [1.29, 1.82) is 0 Å². The van der Waals surface area contributed by atoms with Gasteiger partial charge in [-0.05, 0) is 0 Å². The number of thiol groups is 10. The van der Waals surface area contributed by atoms with Crippen molar-refractivity contribution >= 4 is 186 Å². The minimum Gasteiger partial charge on any atom is -0.481 e. The minimum absolute atomic E-state index is 0.0670. The van der Waals surface area contributed by atoms with Crippen LogP contribution in [0.3, 0.4) is 0 Å². The van der Waals surface area contributed by atoms with Crippen LogP contribution in [-0.4, -0.2) is 268 Å². The number of carboxylic acid groups (broad SMARTS) is 6.